The molecule has 0 amide bonds. The number of nitrogens with one attached hydrogen (secondary N) is 1. The maximum Gasteiger partial charge on any atom is 0.151 e. The van der Waals surface area contributed by atoms with Gasteiger partial charge >= 0.3 is 0 Å². The molecule has 0 aromatic rings. The maximum atomic E-state index is 11.5. The van der Waals surface area contributed by atoms with Crippen molar-refractivity contribution in [3.63, 3.8) is 0 Å². The molecule has 0 saturated carbocycles. The minimum Gasteiger partial charge on any atom is -0.313 e. The molecule has 2 aliphatic heterocycles. The van der Waals surface area contributed by atoms with E-state index >= 15 is 0 Å². The van der Waals surface area contributed by atoms with Crippen LogP contribution in [0, 0.1) is 0 Å². The normalized spacial score (nSPS) is 32.1. The van der Waals surface area contributed by atoms with Crippen LogP contribution in [0.5, 0.6) is 0 Å². The lowest BCUT2D eigenvalue weighted by atomic mass is 10.0. The largest absolute Gasteiger partial charge is 0.313 e. The Bertz CT molecular complexity index is 310. The number of hydrogen-bond acceptors (Lipinski definition) is 4. The second-order valence-corrected chi connectivity index (χ2v) is 7.26. The van der Waals surface area contributed by atoms with Crippen LogP contribution < -0.4 is 5.32 Å². The van der Waals surface area contributed by atoms with Crippen molar-refractivity contribution in [1.29, 1.82) is 0 Å². The summed E-state index contributed by atoms with van der Waals surface area (Å²) in [5.41, 5.74) is 0. The monoisotopic (exact) mass is 246 g/mol. The van der Waals surface area contributed by atoms with Crippen LogP contribution in [-0.4, -0.2) is 57.0 Å². The van der Waals surface area contributed by atoms with Crippen molar-refractivity contribution >= 4 is 9.84 Å². The highest BCUT2D eigenvalue weighted by molar-refractivity contribution is 7.91. The molecule has 16 heavy (non-hydrogen) atoms. The summed E-state index contributed by atoms with van der Waals surface area (Å²) in [6, 6.07) is 0.578. The van der Waals surface area contributed by atoms with Crippen molar-refractivity contribution in [2.75, 3.05) is 37.7 Å². The van der Waals surface area contributed by atoms with Gasteiger partial charge in [-0.2, -0.15) is 0 Å². The van der Waals surface area contributed by atoms with Crippen LogP contribution in [0.3, 0.4) is 0 Å². The number of hydrogen-bond donors (Lipinski definition) is 1. The summed E-state index contributed by atoms with van der Waals surface area (Å²) in [6.45, 7) is 3.81. The van der Waals surface area contributed by atoms with Crippen molar-refractivity contribution in [2.45, 2.75) is 31.7 Å². The molecule has 2 saturated heterocycles. The van der Waals surface area contributed by atoms with Crippen molar-refractivity contribution in [2.24, 2.45) is 0 Å². The van der Waals surface area contributed by atoms with Gasteiger partial charge in [0.15, 0.2) is 9.84 Å². The quantitative estimate of drug-likeness (QED) is 0.759. The maximum absolute atomic E-state index is 11.5. The molecule has 4 nitrogen and oxygen atoms in total. The Kier molecular flexibility index (Phi) is 4.21. The average molecular weight is 246 g/mol. The zero-order valence-electron chi connectivity index (χ0n) is 9.82. The number of nitrogens with zero attached hydrogens (tertiary/aromatic N) is 1. The van der Waals surface area contributed by atoms with E-state index in [4.69, 9.17) is 0 Å². The van der Waals surface area contributed by atoms with Crippen molar-refractivity contribution in [3.05, 3.63) is 0 Å². The molecule has 94 valence electrons. The second-order valence-electron chi connectivity index (χ2n) is 4.95. The first-order valence-electron chi connectivity index (χ1n) is 6.32. The topological polar surface area (TPSA) is 49.4 Å². The molecule has 2 heterocycles. The molecule has 1 N–H and O–H groups in total. The summed E-state index contributed by atoms with van der Waals surface area (Å²) in [4.78, 5) is 2.31. The molecule has 2 aliphatic rings. The van der Waals surface area contributed by atoms with E-state index in [1.165, 1.54) is 19.3 Å². The molecular formula is C11H22N2O2S. The van der Waals surface area contributed by atoms with E-state index in [0.29, 0.717) is 17.5 Å². The molecule has 1 unspecified atom stereocenters. The molecule has 0 aromatic carbocycles. The van der Waals surface area contributed by atoms with E-state index < -0.39 is 9.84 Å². The van der Waals surface area contributed by atoms with Crippen LogP contribution in [0.25, 0.3) is 0 Å². The Morgan fingerprint density at radius 1 is 1.12 bits per heavy atom. The summed E-state index contributed by atoms with van der Waals surface area (Å²) < 4.78 is 22.9. The minimum absolute atomic E-state index is 0.347. The molecule has 0 bridgehead atoms. The number of piperidine rings is 1. The van der Waals surface area contributed by atoms with Gasteiger partial charge in [0, 0.05) is 19.1 Å². The van der Waals surface area contributed by atoms with E-state index in [1.54, 1.807) is 0 Å². The van der Waals surface area contributed by atoms with Crippen LogP contribution >= 0.6 is 0 Å². The summed E-state index contributed by atoms with van der Waals surface area (Å²) in [5.74, 6) is 0.724. The lowest BCUT2D eigenvalue weighted by molar-refractivity contribution is 0.238. The van der Waals surface area contributed by atoms with Gasteiger partial charge in [-0.25, -0.2) is 8.42 Å². The van der Waals surface area contributed by atoms with Crippen LogP contribution in [0.15, 0.2) is 0 Å². The summed E-state index contributed by atoms with van der Waals surface area (Å²) in [7, 11) is -2.76. The first-order chi connectivity index (χ1) is 7.66. The third-order valence-electron chi connectivity index (χ3n) is 3.54. The molecule has 0 radical (unpaired) electrons. The van der Waals surface area contributed by atoms with Crippen molar-refractivity contribution in [3.8, 4) is 0 Å². The SMILES string of the molecule is O=S1(=O)CCCN(CC2CCCCN2)CC1. The van der Waals surface area contributed by atoms with Gasteiger partial charge in [-0.15, -0.1) is 0 Å². The molecule has 5 heteroatoms. The average Bonchev–Trinajstić information content (AvgIpc) is 2.42. The van der Waals surface area contributed by atoms with Gasteiger partial charge in [0.2, 0.25) is 0 Å². The van der Waals surface area contributed by atoms with E-state index in [-0.39, 0.29) is 0 Å². The fraction of sp³-hybridized carbons (Fsp3) is 1.00. The van der Waals surface area contributed by atoms with Gasteiger partial charge in [0.25, 0.3) is 0 Å². The van der Waals surface area contributed by atoms with Gasteiger partial charge in [-0.05, 0) is 32.4 Å². The Balaban J connectivity index is 1.81. The van der Waals surface area contributed by atoms with Crippen molar-refractivity contribution in [1.82, 2.24) is 10.2 Å². The molecule has 1 atom stereocenters. The third-order valence-corrected chi connectivity index (χ3v) is 5.25. The van der Waals surface area contributed by atoms with E-state index in [9.17, 15) is 8.42 Å². The highest BCUT2D eigenvalue weighted by atomic mass is 32.2. The smallest absolute Gasteiger partial charge is 0.151 e. The van der Waals surface area contributed by atoms with Gasteiger partial charge in [0.1, 0.15) is 0 Å². The summed E-state index contributed by atoms with van der Waals surface area (Å²) in [5, 5.41) is 3.52. The predicted octanol–water partition coefficient (Wildman–Crippen LogP) is 0.249. The molecule has 0 aliphatic carbocycles. The second kappa shape index (κ2) is 5.47. The highest BCUT2D eigenvalue weighted by Gasteiger charge is 2.22. The summed E-state index contributed by atoms with van der Waals surface area (Å²) >= 11 is 0. The molecule has 2 rings (SSSR count). The van der Waals surface area contributed by atoms with E-state index in [2.05, 4.69) is 10.2 Å². The molecule has 0 aromatic heterocycles. The van der Waals surface area contributed by atoms with Crippen LogP contribution in [-0.2, 0) is 9.84 Å². The Morgan fingerprint density at radius 2 is 2.00 bits per heavy atom. The first-order valence-corrected chi connectivity index (χ1v) is 8.14. The zero-order chi connectivity index (χ0) is 11.4. The fourth-order valence-electron chi connectivity index (χ4n) is 2.56. The van der Waals surface area contributed by atoms with Gasteiger partial charge in [0.05, 0.1) is 11.5 Å². The lowest BCUT2D eigenvalue weighted by Crippen LogP contribution is -2.44. The van der Waals surface area contributed by atoms with Gasteiger partial charge in [-0.3, -0.25) is 0 Å². The zero-order valence-corrected chi connectivity index (χ0v) is 10.6. The fourth-order valence-corrected chi connectivity index (χ4v) is 3.87. The van der Waals surface area contributed by atoms with Crippen LogP contribution in [0.2, 0.25) is 0 Å². The third kappa shape index (κ3) is 3.71. The Hall–Kier alpha value is -0.130. The standard InChI is InChI=1S/C11H22N2O2S/c14-16(15)8-3-6-13(7-9-16)10-11-4-1-2-5-12-11/h11-12H,1-10H2. The lowest BCUT2D eigenvalue weighted by Gasteiger charge is -2.29. The summed E-state index contributed by atoms with van der Waals surface area (Å²) in [6.07, 6.45) is 4.63. The van der Waals surface area contributed by atoms with Gasteiger partial charge < -0.3 is 10.2 Å². The Morgan fingerprint density at radius 3 is 2.75 bits per heavy atom. The Labute approximate surface area is 98.3 Å². The number of rotatable bonds is 2. The van der Waals surface area contributed by atoms with Crippen molar-refractivity contribution < 1.29 is 8.42 Å². The van der Waals surface area contributed by atoms with Gasteiger partial charge in [-0.1, -0.05) is 6.42 Å². The van der Waals surface area contributed by atoms with Crippen LogP contribution in [0.1, 0.15) is 25.7 Å². The predicted molar refractivity (Wildman–Crippen MR) is 65.4 cm³/mol. The molecule has 0 spiro atoms. The molecular weight excluding hydrogens is 224 g/mol. The molecule has 2 fully saturated rings. The van der Waals surface area contributed by atoms with E-state index in [1.807, 2.05) is 0 Å². The minimum atomic E-state index is -2.76. The van der Waals surface area contributed by atoms with Crippen LogP contribution in [0.4, 0.5) is 0 Å². The number of sulfone groups is 1. The highest BCUT2D eigenvalue weighted by Crippen LogP contribution is 2.11. The van der Waals surface area contributed by atoms with E-state index in [0.717, 1.165) is 32.6 Å². The first kappa shape index (κ1) is 12.3.